The summed E-state index contributed by atoms with van der Waals surface area (Å²) in [4.78, 5) is 26.8. The van der Waals surface area contributed by atoms with Gasteiger partial charge < -0.3 is 10.2 Å². The van der Waals surface area contributed by atoms with Crippen molar-refractivity contribution in [2.24, 2.45) is 0 Å². The average molecular weight is 376 g/mol. The van der Waals surface area contributed by atoms with E-state index in [0.717, 1.165) is 24.1 Å². The minimum Gasteiger partial charge on any atom is -0.355 e. The predicted octanol–water partition coefficient (Wildman–Crippen LogP) is 1.83. The predicted molar refractivity (Wildman–Crippen MR) is 102 cm³/mol. The van der Waals surface area contributed by atoms with Gasteiger partial charge in [0, 0.05) is 30.8 Å². The summed E-state index contributed by atoms with van der Waals surface area (Å²) in [6.07, 6.45) is 3.51. The maximum atomic E-state index is 13.2. The Morgan fingerprint density at radius 1 is 1.14 bits per heavy atom. The van der Waals surface area contributed by atoms with Gasteiger partial charge in [-0.05, 0) is 59.2 Å². The molecule has 4 rings (SSSR count). The molecule has 0 aliphatic heterocycles. The van der Waals surface area contributed by atoms with Crippen LogP contribution in [0.1, 0.15) is 39.1 Å². The van der Waals surface area contributed by atoms with Gasteiger partial charge in [-0.1, -0.05) is 18.2 Å². The van der Waals surface area contributed by atoms with Crippen LogP contribution in [0.2, 0.25) is 0 Å². The van der Waals surface area contributed by atoms with Gasteiger partial charge >= 0.3 is 0 Å². The van der Waals surface area contributed by atoms with Crippen LogP contribution >= 0.6 is 0 Å². The second-order valence-electron chi connectivity index (χ2n) is 6.74. The lowest BCUT2D eigenvalue weighted by atomic mass is 10.1. The molecular weight excluding hydrogens is 356 g/mol. The molecule has 8 heteroatoms. The summed E-state index contributed by atoms with van der Waals surface area (Å²) < 4.78 is 1.52. The number of tetrazole rings is 1. The molecule has 1 saturated carbocycles. The molecule has 0 saturated heterocycles. The molecule has 1 aliphatic carbocycles. The Kier molecular flexibility index (Phi) is 4.84. The van der Waals surface area contributed by atoms with E-state index in [0.29, 0.717) is 17.7 Å². The van der Waals surface area contributed by atoms with Crippen molar-refractivity contribution in [3.8, 4) is 5.69 Å². The fraction of sp³-hybridized carbons (Fsp3) is 0.250. The third kappa shape index (κ3) is 3.75. The average Bonchev–Trinajstić information content (AvgIpc) is 3.44. The first-order valence-corrected chi connectivity index (χ1v) is 9.11. The minimum absolute atomic E-state index is 0.0206. The quantitative estimate of drug-likeness (QED) is 0.708. The van der Waals surface area contributed by atoms with Crippen molar-refractivity contribution in [2.75, 3.05) is 7.05 Å². The maximum absolute atomic E-state index is 13.2. The first-order valence-electron chi connectivity index (χ1n) is 9.11. The summed E-state index contributed by atoms with van der Waals surface area (Å²) in [6.45, 7) is 0.507. The van der Waals surface area contributed by atoms with E-state index in [1.165, 1.54) is 11.0 Å². The van der Waals surface area contributed by atoms with Crippen LogP contribution in [0.4, 0.5) is 0 Å². The van der Waals surface area contributed by atoms with Gasteiger partial charge in [0.2, 0.25) is 0 Å². The van der Waals surface area contributed by atoms with Crippen molar-refractivity contribution in [2.45, 2.75) is 25.4 Å². The molecule has 28 heavy (non-hydrogen) atoms. The summed E-state index contributed by atoms with van der Waals surface area (Å²) in [6, 6.07) is 14.9. The molecule has 1 fully saturated rings. The molecule has 8 nitrogen and oxygen atoms in total. The normalized spacial score (nSPS) is 13.2. The van der Waals surface area contributed by atoms with E-state index in [2.05, 4.69) is 20.8 Å². The second kappa shape index (κ2) is 7.59. The lowest BCUT2D eigenvalue weighted by Gasteiger charge is -2.23. The minimum atomic E-state index is -0.124. The smallest absolute Gasteiger partial charge is 0.254 e. The number of hydrogen-bond acceptors (Lipinski definition) is 5. The molecule has 142 valence electrons. The molecule has 2 aromatic carbocycles. The second-order valence-corrected chi connectivity index (χ2v) is 6.74. The Bertz CT molecular complexity index is 980. The van der Waals surface area contributed by atoms with E-state index < -0.39 is 0 Å². The monoisotopic (exact) mass is 376 g/mol. The summed E-state index contributed by atoms with van der Waals surface area (Å²) >= 11 is 0. The summed E-state index contributed by atoms with van der Waals surface area (Å²) in [5.74, 6) is -0.145. The number of rotatable bonds is 6. The molecule has 0 unspecified atom stereocenters. The first kappa shape index (κ1) is 17.8. The van der Waals surface area contributed by atoms with Crippen LogP contribution in [0.3, 0.4) is 0 Å². The number of hydrogen-bond donors (Lipinski definition) is 1. The Labute approximate surface area is 162 Å². The van der Waals surface area contributed by atoms with Crippen molar-refractivity contribution in [3.05, 3.63) is 71.5 Å². The van der Waals surface area contributed by atoms with E-state index in [9.17, 15) is 9.59 Å². The Morgan fingerprint density at radius 3 is 2.57 bits per heavy atom. The van der Waals surface area contributed by atoms with Crippen molar-refractivity contribution in [1.82, 2.24) is 30.4 Å². The van der Waals surface area contributed by atoms with Gasteiger partial charge in [0.15, 0.2) is 0 Å². The highest BCUT2D eigenvalue weighted by Gasteiger charge is 2.33. The first-order chi connectivity index (χ1) is 13.7. The summed E-state index contributed by atoms with van der Waals surface area (Å²) in [5, 5.41) is 13.8. The molecule has 0 atom stereocenters. The number of benzene rings is 2. The van der Waals surface area contributed by atoms with E-state index in [4.69, 9.17) is 0 Å². The van der Waals surface area contributed by atoms with Gasteiger partial charge in [0.1, 0.15) is 6.33 Å². The SMILES string of the molecule is CNC(=O)c1ccc(CN(C(=O)c2cccc(-n3cnnn3)c2)C2CC2)cc1. The molecule has 0 spiro atoms. The van der Waals surface area contributed by atoms with E-state index in [1.54, 1.807) is 31.3 Å². The molecule has 1 heterocycles. The van der Waals surface area contributed by atoms with Crippen LogP contribution in [0.25, 0.3) is 5.69 Å². The van der Waals surface area contributed by atoms with Gasteiger partial charge in [-0.3, -0.25) is 9.59 Å². The fourth-order valence-corrected chi connectivity index (χ4v) is 3.08. The highest BCUT2D eigenvalue weighted by Crippen LogP contribution is 2.30. The number of aromatic nitrogens is 4. The van der Waals surface area contributed by atoms with Crippen LogP contribution in [0.5, 0.6) is 0 Å². The number of carbonyl (C=O) groups excluding carboxylic acids is 2. The van der Waals surface area contributed by atoms with Crippen LogP contribution in [-0.4, -0.2) is 50.0 Å². The van der Waals surface area contributed by atoms with Gasteiger partial charge in [0.25, 0.3) is 11.8 Å². The fourth-order valence-electron chi connectivity index (χ4n) is 3.08. The molecular formula is C20H20N6O2. The lowest BCUT2D eigenvalue weighted by Crippen LogP contribution is -2.32. The zero-order chi connectivity index (χ0) is 19.5. The highest BCUT2D eigenvalue weighted by atomic mass is 16.2. The summed E-state index contributed by atoms with van der Waals surface area (Å²) in [5.41, 5.74) is 2.93. The maximum Gasteiger partial charge on any atom is 0.254 e. The Morgan fingerprint density at radius 2 is 1.93 bits per heavy atom. The molecule has 0 radical (unpaired) electrons. The van der Waals surface area contributed by atoms with Gasteiger partial charge in [-0.2, -0.15) is 0 Å². The third-order valence-electron chi connectivity index (χ3n) is 4.75. The lowest BCUT2D eigenvalue weighted by molar-refractivity contribution is 0.0729. The molecule has 1 N–H and O–H groups in total. The summed E-state index contributed by atoms with van der Waals surface area (Å²) in [7, 11) is 1.60. The van der Waals surface area contributed by atoms with Gasteiger partial charge in [-0.25, -0.2) is 4.68 Å². The number of nitrogens with zero attached hydrogens (tertiary/aromatic N) is 5. The van der Waals surface area contributed by atoms with E-state index >= 15 is 0 Å². The van der Waals surface area contributed by atoms with Crippen LogP contribution < -0.4 is 5.32 Å². The van der Waals surface area contributed by atoms with E-state index in [1.807, 2.05) is 29.2 Å². The van der Waals surface area contributed by atoms with Gasteiger partial charge in [0.05, 0.1) is 5.69 Å². The number of amides is 2. The van der Waals surface area contributed by atoms with Gasteiger partial charge in [-0.15, -0.1) is 5.10 Å². The van der Waals surface area contributed by atoms with Crippen molar-refractivity contribution < 1.29 is 9.59 Å². The molecule has 1 aliphatic rings. The molecule has 0 bridgehead atoms. The highest BCUT2D eigenvalue weighted by molar-refractivity contribution is 5.95. The zero-order valence-electron chi connectivity index (χ0n) is 15.4. The van der Waals surface area contributed by atoms with Crippen molar-refractivity contribution >= 4 is 11.8 Å². The standard InChI is InChI=1S/C20H20N6O2/c1-21-19(27)15-7-5-14(6-8-15)12-25(17-9-10-17)20(28)16-3-2-4-18(11-16)26-13-22-23-24-26/h2-8,11,13,17H,9-10,12H2,1H3,(H,21,27). The van der Waals surface area contributed by atoms with Crippen molar-refractivity contribution in [1.29, 1.82) is 0 Å². The Hall–Kier alpha value is -3.55. The number of carbonyl (C=O) groups is 2. The van der Waals surface area contributed by atoms with E-state index in [-0.39, 0.29) is 17.9 Å². The van der Waals surface area contributed by atoms with Crippen molar-refractivity contribution in [3.63, 3.8) is 0 Å². The molecule has 1 aromatic heterocycles. The Balaban J connectivity index is 1.54. The zero-order valence-corrected chi connectivity index (χ0v) is 15.4. The largest absolute Gasteiger partial charge is 0.355 e. The van der Waals surface area contributed by atoms with Crippen LogP contribution in [-0.2, 0) is 6.54 Å². The molecule has 3 aromatic rings. The number of nitrogens with one attached hydrogen (secondary N) is 1. The third-order valence-corrected chi connectivity index (χ3v) is 4.75. The van der Waals surface area contributed by atoms with Crippen LogP contribution in [0, 0.1) is 0 Å². The van der Waals surface area contributed by atoms with Crippen LogP contribution in [0.15, 0.2) is 54.9 Å². The topological polar surface area (TPSA) is 93.0 Å². The molecule has 2 amide bonds.